The maximum Gasteiger partial charge on any atom is 0.255 e. The summed E-state index contributed by atoms with van der Waals surface area (Å²) in [6.07, 6.45) is 5.91. The van der Waals surface area contributed by atoms with Crippen LogP contribution in [0.5, 0.6) is 0 Å². The summed E-state index contributed by atoms with van der Waals surface area (Å²) >= 11 is 0. The van der Waals surface area contributed by atoms with Crippen molar-refractivity contribution in [2.75, 3.05) is 16.0 Å². The van der Waals surface area contributed by atoms with Crippen LogP contribution in [0.3, 0.4) is 0 Å². The molecule has 148 valence electrons. The molecule has 2 amide bonds. The smallest absolute Gasteiger partial charge is 0.255 e. The largest absolute Gasteiger partial charge is 0.356 e. The first-order valence-electron chi connectivity index (χ1n) is 9.28. The lowest BCUT2D eigenvalue weighted by Gasteiger charge is -2.10. The minimum atomic E-state index is -0.175. The SMILES string of the molecule is O=CNc1ccc(Nc2ccc(NC(=O)c3ccc(-n4ccnc4)cc3)cc2)cc1. The zero-order chi connectivity index (χ0) is 20.8. The van der Waals surface area contributed by atoms with Crippen LogP contribution in [-0.4, -0.2) is 21.9 Å². The summed E-state index contributed by atoms with van der Waals surface area (Å²) in [7, 11) is 0. The van der Waals surface area contributed by atoms with Crippen molar-refractivity contribution in [2.24, 2.45) is 0 Å². The van der Waals surface area contributed by atoms with E-state index in [0.29, 0.717) is 17.7 Å². The Morgan fingerprint density at radius 1 is 0.800 bits per heavy atom. The number of hydrogen-bond donors (Lipinski definition) is 3. The molecule has 0 unspecified atom stereocenters. The molecule has 3 aromatic carbocycles. The molecule has 4 aromatic rings. The van der Waals surface area contributed by atoms with Crippen LogP contribution in [0.2, 0.25) is 0 Å². The van der Waals surface area contributed by atoms with Crippen LogP contribution in [0.1, 0.15) is 10.4 Å². The van der Waals surface area contributed by atoms with Gasteiger partial charge in [0, 0.05) is 46.4 Å². The van der Waals surface area contributed by atoms with E-state index in [4.69, 9.17) is 0 Å². The molecule has 0 aliphatic heterocycles. The standard InChI is InChI=1S/C23H19N5O2/c29-16-25-18-3-5-19(6-4-18)26-20-7-9-21(10-8-20)27-23(30)17-1-11-22(12-2-17)28-14-13-24-15-28/h1-16,26H,(H,25,29)(H,27,30). The molecule has 0 saturated heterocycles. The Labute approximate surface area is 173 Å². The molecule has 30 heavy (non-hydrogen) atoms. The van der Waals surface area contributed by atoms with Gasteiger partial charge in [0.2, 0.25) is 6.41 Å². The number of nitrogens with zero attached hydrogens (tertiary/aromatic N) is 2. The highest BCUT2D eigenvalue weighted by Crippen LogP contribution is 2.21. The summed E-state index contributed by atoms with van der Waals surface area (Å²) in [5, 5.41) is 8.76. The average molecular weight is 397 g/mol. The highest BCUT2D eigenvalue weighted by atomic mass is 16.1. The van der Waals surface area contributed by atoms with Crippen molar-refractivity contribution in [1.29, 1.82) is 0 Å². The molecule has 0 bridgehead atoms. The van der Waals surface area contributed by atoms with E-state index in [9.17, 15) is 9.59 Å². The Bertz CT molecular complexity index is 1120. The molecule has 4 rings (SSSR count). The third kappa shape index (κ3) is 4.53. The summed E-state index contributed by atoms with van der Waals surface area (Å²) in [6, 6.07) is 22.1. The van der Waals surface area contributed by atoms with E-state index in [1.54, 1.807) is 24.7 Å². The van der Waals surface area contributed by atoms with Gasteiger partial charge in [-0.15, -0.1) is 0 Å². The number of benzene rings is 3. The lowest BCUT2D eigenvalue weighted by atomic mass is 10.2. The number of carbonyl (C=O) groups is 2. The van der Waals surface area contributed by atoms with Crippen molar-refractivity contribution in [3.05, 3.63) is 97.1 Å². The van der Waals surface area contributed by atoms with Gasteiger partial charge in [-0.2, -0.15) is 0 Å². The predicted octanol–water partition coefficient (Wildman–Crippen LogP) is 4.44. The summed E-state index contributed by atoms with van der Waals surface area (Å²) in [5.41, 5.74) is 4.72. The Morgan fingerprint density at radius 2 is 1.40 bits per heavy atom. The van der Waals surface area contributed by atoms with E-state index in [0.717, 1.165) is 22.7 Å². The molecule has 1 heterocycles. The van der Waals surface area contributed by atoms with Crippen LogP contribution < -0.4 is 16.0 Å². The number of anilines is 4. The monoisotopic (exact) mass is 397 g/mol. The summed E-state index contributed by atoms with van der Waals surface area (Å²) in [4.78, 5) is 27.0. The third-order valence-corrected chi connectivity index (χ3v) is 4.47. The number of hydrogen-bond acceptors (Lipinski definition) is 4. The first-order chi connectivity index (χ1) is 14.7. The minimum Gasteiger partial charge on any atom is -0.356 e. The number of amides is 2. The molecular weight excluding hydrogens is 378 g/mol. The molecule has 0 aliphatic carbocycles. The molecular formula is C23H19N5O2. The summed E-state index contributed by atoms with van der Waals surface area (Å²) in [6.45, 7) is 0. The molecule has 0 aliphatic rings. The van der Waals surface area contributed by atoms with Crippen molar-refractivity contribution in [3.63, 3.8) is 0 Å². The second-order valence-corrected chi connectivity index (χ2v) is 6.51. The van der Waals surface area contributed by atoms with Gasteiger partial charge < -0.3 is 20.5 Å². The van der Waals surface area contributed by atoms with E-state index in [-0.39, 0.29) is 5.91 Å². The maximum atomic E-state index is 12.5. The molecule has 0 saturated carbocycles. The first kappa shape index (κ1) is 18.9. The van der Waals surface area contributed by atoms with Gasteiger partial charge in [0.1, 0.15) is 0 Å². The van der Waals surface area contributed by atoms with Crippen LogP contribution in [0, 0.1) is 0 Å². The Kier molecular flexibility index (Phi) is 5.52. The topological polar surface area (TPSA) is 88.0 Å². The van der Waals surface area contributed by atoms with Crippen LogP contribution >= 0.6 is 0 Å². The van der Waals surface area contributed by atoms with Crippen LogP contribution in [0.15, 0.2) is 91.5 Å². The lowest BCUT2D eigenvalue weighted by Crippen LogP contribution is -2.11. The molecule has 7 heteroatoms. The van der Waals surface area contributed by atoms with Crippen LogP contribution in [0.25, 0.3) is 5.69 Å². The van der Waals surface area contributed by atoms with Crippen molar-refractivity contribution in [1.82, 2.24) is 9.55 Å². The van der Waals surface area contributed by atoms with Crippen molar-refractivity contribution in [2.45, 2.75) is 0 Å². The van der Waals surface area contributed by atoms with Crippen molar-refractivity contribution >= 4 is 35.1 Å². The van der Waals surface area contributed by atoms with Crippen LogP contribution in [-0.2, 0) is 4.79 Å². The van der Waals surface area contributed by atoms with Gasteiger partial charge in [-0.3, -0.25) is 9.59 Å². The Hall–Kier alpha value is -4.39. The van der Waals surface area contributed by atoms with E-state index in [2.05, 4.69) is 20.9 Å². The number of imidazole rings is 1. The van der Waals surface area contributed by atoms with Gasteiger partial charge in [0.05, 0.1) is 6.33 Å². The molecule has 0 spiro atoms. The lowest BCUT2D eigenvalue weighted by molar-refractivity contribution is -0.105. The van der Waals surface area contributed by atoms with Gasteiger partial charge in [-0.1, -0.05) is 0 Å². The average Bonchev–Trinajstić information content (AvgIpc) is 3.32. The first-order valence-corrected chi connectivity index (χ1v) is 9.28. The maximum absolute atomic E-state index is 12.5. The fourth-order valence-corrected chi connectivity index (χ4v) is 2.92. The quantitative estimate of drug-likeness (QED) is 0.403. The zero-order valence-corrected chi connectivity index (χ0v) is 15.9. The van der Waals surface area contributed by atoms with E-state index < -0.39 is 0 Å². The van der Waals surface area contributed by atoms with E-state index >= 15 is 0 Å². The minimum absolute atomic E-state index is 0.175. The highest BCUT2D eigenvalue weighted by molar-refractivity contribution is 6.04. The predicted molar refractivity (Wildman–Crippen MR) is 117 cm³/mol. The molecule has 0 fully saturated rings. The summed E-state index contributed by atoms with van der Waals surface area (Å²) in [5.74, 6) is -0.175. The number of aromatic nitrogens is 2. The number of nitrogens with one attached hydrogen (secondary N) is 3. The Balaban J connectivity index is 1.37. The highest BCUT2D eigenvalue weighted by Gasteiger charge is 2.07. The van der Waals surface area contributed by atoms with Gasteiger partial charge in [-0.25, -0.2) is 4.98 Å². The number of carbonyl (C=O) groups excluding carboxylic acids is 2. The van der Waals surface area contributed by atoms with Gasteiger partial charge in [-0.05, 0) is 72.8 Å². The fraction of sp³-hybridized carbons (Fsp3) is 0. The zero-order valence-electron chi connectivity index (χ0n) is 15.9. The molecule has 0 atom stereocenters. The molecule has 3 N–H and O–H groups in total. The molecule has 1 aromatic heterocycles. The van der Waals surface area contributed by atoms with Crippen LogP contribution in [0.4, 0.5) is 22.7 Å². The second-order valence-electron chi connectivity index (χ2n) is 6.51. The normalized spacial score (nSPS) is 10.3. The molecule has 0 radical (unpaired) electrons. The Morgan fingerprint density at radius 3 is 1.97 bits per heavy atom. The van der Waals surface area contributed by atoms with Gasteiger partial charge >= 0.3 is 0 Å². The van der Waals surface area contributed by atoms with Crippen molar-refractivity contribution in [3.8, 4) is 5.69 Å². The second kappa shape index (κ2) is 8.74. The fourth-order valence-electron chi connectivity index (χ4n) is 2.92. The van der Waals surface area contributed by atoms with Crippen molar-refractivity contribution < 1.29 is 9.59 Å². The molecule has 7 nitrogen and oxygen atoms in total. The van der Waals surface area contributed by atoms with E-state index in [1.165, 1.54) is 0 Å². The third-order valence-electron chi connectivity index (χ3n) is 4.47. The van der Waals surface area contributed by atoms with Gasteiger partial charge in [0.15, 0.2) is 0 Å². The van der Waals surface area contributed by atoms with Gasteiger partial charge in [0.25, 0.3) is 5.91 Å². The van der Waals surface area contributed by atoms with E-state index in [1.807, 2.05) is 71.4 Å². The number of rotatable bonds is 7. The summed E-state index contributed by atoms with van der Waals surface area (Å²) < 4.78 is 1.87.